The fourth-order valence-corrected chi connectivity index (χ4v) is 3.08. The van der Waals surface area contributed by atoms with Gasteiger partial charge in [-0.15, -0.1) is 0 Å². The van der Waals surface area contributed by atoms with Crippen LogP contribution in [0.1, 0.15) is 18.9 Å². The Labute approximate surface area is 150 Å². The molecule has 2 aliphatic heterocycles. The molecule has 0 radical (unpaired) electrons. The number of aliphatic hydroxyl groups excluding tert-OH is 1. The molecule has 26 heavy (non-hydrogen) atoms. The van der Waals surface area contributed by atoms with Crippen LogP contribution in [0.4, 0.5) is 9.28 Å². The number of hydrazine groups is 1. The van der Waals surface area contributed by atoms with Gasteiger partial charge in [-0.2, -0.15) is 5.12 Å². The smallest absolute Gasteiger partial charge is 0.407 e. The van der Waals surface area contributed by atoms with Gasteiger partial charge in [-0.3, -0.25) is 15.2 Å². The van der Waals surface area contributed by atoms with Crippen molar-refractivity contribution in [2.45, 2.75) is 24.9 Å². The summed E-state index contributed by atoms with van der Waals surface area (Å²) < 4.78 is 19.1. The lowest BCUT2D eigenvalue weighted by molar-refractivity contribution is -0.134. The Kier molecular flexibility index (Phi) is 4.99. The molecule has 2 heterocycles. The summed E-state index contributed by atoms with van der Waals surface area (Å²) >= 11 is 0. The number of rotatable bonds is 6. The number of aliphatic hydroxyl groups is 1. The van der Waals surface area contributed by atoms with E-state index in [1.807, 2.05) is 6.07 Å². The van der Waals surface area contributed by atoms with Gasteiger partial charge in [0.2, 0.25) is 0 Å². The lowest BCUT2D eigenvalue weighted by Gasteiger charge is -2.34. The number of alkyl carbamates (subject to hydrolysis) is 1. The van der Waals surface area contributed by atoms with Gasteiger partial charge in [-0.1, -0.05) is 34.8 Å². The van der Waals surface area contributed by atoms with Crippen LogP contribution < -0.4 is 10.7 Å². The number of nitrogens with zero attached hydrogens (tertiary/aromatic N) is 2. The number of cyclic esters (lactones) is 1. The second-order valence-corrected chi connectivity index (χ2v) is 6.35. The largest absolute Gasteiger partial charge is 0.443 e. The molecule has 1 aromatic carbocycles. The maximum absolute atomic E-state index is 13.8. The average Bonchev–Trinajstić information content (AvgIpc) is 3.21. The van der Waals surface area contributed by atoms with Crippen LogP contribution in [0.3, 0.4) is 0 Å². The van der Waals surface area contributed by atoms with Crippen LogP contribution in [0.15, 0.2) is 42.2 Å². The zero-order chi connectivity index (χ0) is 18.7. The second kappa shape index (κ2) is 7.20. The Bertz CT molecular complexity index is 714. The van der Waals surface area contributed by atoms with E-state index in [0.717, 1.165) is 0 Å². The molecule has 0 aliphatic carbocycles. The van der Waals surface area contributed by atoms with Gasteiger partial charge in [-0.05, 0) is 12.5 Å². The number of carbonyl (C=O) groups is 2. The molecular weight excluding hydrogens is 343 g/mol. The van der Waals surface area contributed by atoms with E-state index in [1.165, 1.54) is 11.2 Å². The molecule has 8 nitrogen and oxygen atoms in total. The molecule has 3 N–H and O–H groups in total. The van der Waals surface area contributed by atoms with Crippen LogP contribution in [0.5, 0.6) is 0 Å². The third-order valence-electron chi connectivity index (χ3n) is 4.68. The molecule has 1 fully saturated rings. The molecule has 9 heteroatoms. The van der Waals surface area contributed by atoms with E-state index < -0.39 is 23.5 Å². The highest BCUT2D eigenvalue weighted by atomic mass is 19.2. The summed E-state index contributed by atoms with van der Waals surface area (Å²) in [6.45, 7) is 1.50. The molecule has 3 rings (SSSR count). The first kappa shape index (κ1) is 18.0. The highest BCUT2D eigenvalue weighted by Crippen LogP contribution is 2.32. The van der Waals surface area contributed by atoms with Crippen molar-refractivity contribution in [1.29, 1.82) is 0 Å². The van der Waals surface area contributed by atoms with Crippen molar-refractivity contribution in [1.82, 2.24) is 20.9 Å². The quantitative estimate of drug-likeness (QED) is 0.646. The number of ether oxygens (including phenoxy) is 1. The first-order chi connectivity index (χ1) is 12.4. The predicted octanol–water partition coefficient (Wildman–Crippen LogP) is 0.767. The van der Waals surface area contributed by atoms with E-state index in [-0.39, 0.29) is 31.9 Å². The van der Waals surface area contributed by atoms with Gasteiger partial charge in [0.15, 0.2) is 0 Å². The number of hydrogen-bond donors (Lipinski definition) is 3. The summed E-state index contributed by atoms with van der Waals surface area (Å²) in [5, 5.41) is 13.3. The van der Waals surface area contributed by atoms with E-state index in [0.29, 0.717) is 10.7 Å². The third-order valence-corrected chi connectivity index (χ3v) is 4.68. The Hall–Kier alpha value is -2.81. The lowest BCUT2D eigenvalue weighted by Crippen LogP contribution is -2.55. The Morgan fingerprint density at radius 3 is 2.81 bits per heavy atom. The summed E-state index contributed by atoms with van der Waals surface area (Å²) in [6, 6.07) is 8.98. The number of nitrogens with one attached hydrogen (secondary N) is 2. The fraction of sp³-hybridized carbons (Fsp3) is 0.412. The zero-order valence-corrected chi connectivity index (χ0v) is 14.3. The minimum atomic E-state index is -1.17. The molecule has 1 aromatic rings. The molecule has 0 saturated carbocycles. The molecule has 1 saturated heterocycles. The molecule has 2 amide bonds. The maximum atomic E-state index is 13.8. The average molecular weight is 364 g/mol. The summed E-state index contributed by atoms with van der Waals surface area (Å²) in [6.07, 6.45) is 0.287. The minimum Gasteiger partial charge on any atom is -0.443 e. The zero-order valence-electron chi connectivity index (χ0n) is 14.3. The van der Waals surface area contributed by atoms with Gasteiger partial charge in [0.05, 0.1) is 12.2 Å². The van der Waals surface area contributed by atoms with E-state index in [9.17, 15) is 14.1 Å². The van der Waals surface area contributed by atoms with Crippen molar-refractivity contribution < 1.29 is 23.9 Å². The van der Waals surface area contributed by atoms with Crippen LogP contribution in [0, 0.1) is 0 Å². The van der Waals surface area contributed by atoms with Gasteiger partial charge in [0, 0.05) is 19.2 Å². The highest BCUT2D eigenvalue weighted by molar-refractivity contribution is 5.89. The maximum Gasteiger partial charge on any atom is 0.407 e. The first-order valence-corrected chi connectivity index (χ1v) is 8.27. The Balaban J connectivity index is 1.83. The Morgan fingerprint density at radius 1 is 1.46 bits per heavy atom. The van der Waals surface area contributed by atoms with Crippen molar-refractivity contribution in [3.05, 3.63) is 47.8 Å². The van der Waals surface area contributed by atoms with Gasteiger partial charge < -0.3 is 15.2 Å². The van der Waals surface area contributed by atoms with Crippen LogP contribution in [-0.2, 0) is 14.9 Å². The summed E-state index contributed by atoms with van der Waals surface area (Å²) in [5.74, 6) is -0.430. The van der Waals surface area contributed by atoms with Gasteiger partial charge >= 0.3 is 6.09 Å². The van der Waals surface area contributed by atoms with Crippen LogP contribution in [-0.4, -0.2) is 53.2 Å². The van der Waals surface area contributed by atoms with Crippen molar-refractivity contribution >= 4 is 12.0 Å². The van der Waals surface area contributed by atoms with Crippen molar-refractivity contribution in [3.8, 4) is 0 Å². The van der Waals surface area contributed by atoms with Crippen LogP contribution >= 0.6 is 0 Å². The second-order valence-electron chi connectivity index (χ2n) is 6.35. The van der Waals surface area contributed by atoms with Crippen molar-refractivity contribution in [2.24, 2.45) is 0 Å². The van der Waals surface area contributed by atoms with E-state index in [1.54, 1.807) is 31.2 Å². The molecule has 0 spiro atoms. The normalized spacial score (nSPS) is 21.7. The number of hydrogen-bond acceptors (Lipinski definition) is 6. The number of amides is 2. The number of benzene rings is 1. The molecule has 140 valence electrons. The van der Waals surface area contributed by atoms with E-state index in [2.05, 4.69) is 10.7 Å². The van der Waals surface area contributed by atoms with Crippen LogP contribution in [0.2, 0.25) is 0 Å². The van der Waals surface area contributed by atoms with Gasteiger partial charge in [0.1, 0.15) is 18.2 Å². The summed E-state index contributed by atoms with van der Waals surface area (Å²) in [7, 11) is 0. The van der Waals surface area contributed by atoms with Crippen molar-refractivity contribution in [2.75, 3.05) is 19.8 Å². The monoisotopic (exact) mass is 364 g/mol. The van der Waals surface area contributed by atoms with E-state index >= 15 is 0 Å². The van der Waals surface area contributed by atoms with Gasteiger partial charge in [0.25, 0.3) is 5.91 Å². The topological polar surface area (TPSA) is 94.1 Å². The van der Waals surface area contributed by atoms with Crippen LogP contribution in [0.25, 0.3) is 0 Å². The third kappa shape index (κ3) is 3.30. The number of halogens is 1. The molecule has 0 bridgehead atoms. The molecule has 2 atom stereocenters. The fourth-order valence-electron chi connectivity index (χ4n) is 3.08. The Morgan fingerprint density at radius 2 is 2.19 bits per heavy atom. The number of carbonyl (C=O) groups excluding carboxylic acids is 2. The molecule has 2 unspecified atom stereocenters. The summed E-state index contributed by atoms with van der Waals surface area (Å²) in [4.78, 5) is 24.6. The highest BCUT2D eigenvalue weighted by Gasteiger charge is 2.48. The lowest BCUT2D eigenvalue weighted by atomic mass is 9.76. The summed E-state index contributed by atoms with van der Waals surface area (Å²) in [5.41, 5.74) is 2.44. The standard InChI is InChI=1S/C17H21FN4O4/c1-17(12-5-3-2-4-6-12,14-9-19-16(25)26-14)15(24)20-21-10-13(7-8-23)22(18)11-21/h2-6,10,14,23H,7-9,11H2,1H3,(H,19,25)(H,20,24). The minimum absolute atomic E-state index is 0.142. The van der Waals surface area contributed by atoms with Gasteiger partial charge in [-0.25, -0.2) is 4.79 Å². The molecule has 2 aliphatic rings. The molecular formula is C17H21FN4O4. The van der Waals surface area contributed by atoms with Crippen molar-refractivity contribution in [3.63, 3.8) is 0 Å². The SMILES string of the molecule is CC(C(=O)NN1C=C(CCO)N(F)C1)(c1ccccc1)C1CNC(=O)O1. The van der Waals surface area contributed by atoms with E-state index in [4.69, 9.17) is 9.84 Å². The predicted molar refractivity (Wildman–Crippen MR) is 89.6 cm³/mol. The first-order valence-electron chi connectivity index (χ1n) is 8.27. The molecule has 0 aromatic heterocycles.